The first-order valence-electron chi connectivity index (χ1n) is 8.30. The first-order chi connectivity index (χ1) is 13.3. The minimum Gasteiger partial charge on any atom is -0.481 e. The van der Waals surface area contributed by atoms with Crippen molar-refractivity contribution in [1.29, 1.82) is 0 Å². The standard InChI is InChI=1S/C17H17N7O3S/c1-9-15-16(12-4-5-14(27-3)23-17(12)21-9)24(10(2)22-15)8-13-19-6-11(7-20-13)28(18,25)26/h4-7H,8H2,1-3H3,(H2,18,25,26). The molecule has 4 rings (SSSR count). The quantitative estimate of drug-likeness (QED) is 0.538. The first kappa shape index (κ1) is 18.2. The fraction of sp³-hybridized carbons (Fsp3) is 0.235. The molecule has 4 heterocycles. The molecular formula is C17H17N7O3S. The zero-order valence-electron chi connectivity index (χ0n) is 15.4. The lowest BCUT2D eigenvalue weighted by molar-refractivity contribution is 0.399. The molecule has 0 spiro atoms. The van der Waals surface area contributed by atoms with Gasteiger partial charge < -0.3 is 9.30 Å². The molecule has 0 aliphatic heterocycles. The van der Waals surface area contributed by atoms with Crippen molar-refractivity contribution in [3.05, 3.63) is 41.9 Å². The number of ether oxygens (including phenoxy) is 1. The van der Waals surface area contributed by atoms with E-state index < -0.39 is 10.0 Å². The SMILES string of the molecule is COc1ccc2c(n1)nc(C)c1nc(C)n(Cc3ncc(S(N)(=O)=O)cn3)c12. The van der Waals surface area contributed by atoms with Crippen LogP contribution < -0.4 is 9.88 Å². The zero-order valence-corrected chi connectivity index (χ0v) is 16.2. The largest absolute Gasteiger partial charge is 0.481 e. The predicted octanol–water partition coefficient (Wildman–Crippen LogP) is 1.09. The number of hydrogen-bond acceptors (Lipinski definition) is 8. The second-order valence-electron chi connectivity index (χ2n) is 6.24. The molecule has 0 aliphatic carbocycles. The van der Waals surface area contributed by atoms with Crippen molar-refractivity contribution in [1.82, 2.24) is 29.5 Å². The number of methoxy groups -OCH3 is 1. The Labute approximate surface area is 160 Å². The predicted molar refractivity (Wildman–Crippen MR) is 101 cm³/mol. The molecule has 2 N–H and O–H groups in total. The minimum atomic E-state index is -3.84. The van der Waals surface area contributed by atoms with Crippen LogP contribution in [-0.4, -0.2) is 45.0 Å². The van der Waals surface area contributed by atoms with Crippen molar-refractivity contribution in [3.63, 3.8) is 0 Å². The Kier molecular flexibility index (Phi) is 4.20. The number of fused-ring (bicyclic) bond motifs is 3. The fourth-order valence-electron chi connectivity index (χ4n) is 3.02. The number of nitrogens with zero attached hydrogens (tertiary/aromatic N) is 6. The van der Waals surface area contributed by atoms with Crippen LogP contribution in [0.2, 0.25) is 0 Å². The Bertz CT molecular complexity index is 1310. The van der Waals surface area contributed by atoms with Gasteiger partial charge in [-0.25, -0.2) is 33.5 Å². The van der Waals surface area contributed by atoms with Gasteiger partial charge in [-0.05, 0) is 19.9 Å². The number of sulfonamides is 1. The number of hydrogen-bond donors (Lipinski definition) is 1. The van der Waals surface area contributed by atoms with Crippen LogP contribution in [0.3, 0.4) is 0 Å². The average Bonchev–Trinajstić information content (AvgIpc) is 2.98. The number of nitrogens with two attached hydrogens (primary N) is 1. The van der Waals surface area contributed by atoms with Gasteiger partial charge in [0.05, 0.1) is 37.3 Å². The van der Waals surface area contributed by atoms with E-state index in [2.05, 4.69) is 24.9 Å². The molecule has 0 aromatic carbocycles. The molecule has 0 bridgehead atoms. The second kappa shape index (κ2) is 6.46. The van der Waals surface area contributed by atoms with Crippen molar-refractivity contribution >= 4 is 32.1 Å². The van der Waals surface area contributed by atoms with Gasteiger partial charge in [0.2, 0.25) is 15.9 Å². The molecule has 144 valence electrons. The van der Waals surface area contributed by atoms with E-state index in [1.54, 1.807) is 13.2 Å². The lowest BCUT2D eigenvalue weighted by Gasteiger charge is -2.09. The van der Waals surface area contributed by atoms with Crippen molar-refractivity contribution < 1.29 is 13.2 Å². The highest BCUT2D eigenvalue weighted by molar-refractivity contribution is 7.89. The van der Waals surface area contributed by atoms with Crippen molar-refractivity contribution in [3.8, 4) is 5.88 Å². The molecule has 0 aliphatic rings. The maximum Gasteiger partial charge on any atom is 0.241 e. The first-order valence-corrected chi connectivity index (χ1v) is 9.84. The highest BCUT2D eigenvalue weighted by Crippen LogP contribution is 2.28. The summed E-state index contributed by atoms with van der Waals surface area (Å²) >= 11 is 0. The second-order valence-corrected chi connectivity index (χ2v) is 7.81. The van der Waals surface area contributed by atoms with E-state index in [0.717, 1.165) is 27.9 Å². The molecule has 0 saturated carbocycles. The molecule has 0 saturated heterocycles. The molecule has 4 aromatic rings. The lowest BCUT2D eigenvalue weighted by Crippen LogP contribution is -2.14. The number of aromatic nitrogens is 6. The summed E-state index contributed by atoms with van der Waals surface area (Å²) in [6.45, 7) is 4.05. The summed E-state index contributed by atoms with van der Waals surface area (Å²) in [5.41, 5.74) is 2.92. The molecule has 4 aromatic heterocycles. The molecule has 11 heteroatoms. The molecule has 0 amide bonds. The zero-order chi connectivity index (χ0) is 20.1. The van der Waals surface area contributed by atoms with Gasteiger partial charge in [0.15, 0.2) is 5.65 Å². The normalized spacial score (nSPS) is 12.0. The third kappa shape index (κ3) is 3.04. The molecule has 28 heavy (non-hydrogen) atoms. The van der Waals surface area contributed by atoms with Crippen LogP contribution in [0, 0.1) is 13.8 Å². The maximum atomic E-state index is 11.4. The highest BCUT2D eigenvalue weighted by Gasteiger charge is 2.17. The lowest BCUT2D eigenvalue weighted by atomic mass is 10.2. The van der Waals surface area contributed by atoms with E-state index >= 15 is 0 Å². The summed E-state index contributed by atoms with van der Waals surface area (Å²) < 4.78 is 29.9. The van der Waals surface area contributed by atoms with E-state index in [1.807, 2.05) is 24.5 Å². The van der Waals surface area contributed by atoms with Gasteiger partial charge in [-0.15, -0.1) is 0 Å². The summed E-state index contributed by atoms with van der Waals surface area (Å²) in [4.78, 5) is 21.7. The Morgan fingerprint density at radius 3 is 2.46 bits per heavy atom. The van der Waals surface area contributed by atoms with E-state index in [0.29, 0.717) is 23.9 Å². The molecular weight excluding hydrogens is 382 g/mol. The van der Waals surface area contributed by atoms with E-state index in [-0.39, 0.29) is 4.90 Å². The third-order valence-corrected chi connectivity index (χ3v) is 5.27. The summed E-state index contributed by atoms with van der Waals surface area (Å²) in [5.74, 6) is 1.66. The van der Waals surface area contributed by atoms with Crippen LogP contribution in [0.25, 0.3) is 22.1 Å². The maximum absolute atomic E-state index is 11.4. The number of imidazole rings is 1. The Morgan fingerprint density at radius 1 is 1.11 bits per heavy atom. The van der Waals surface area contributed by atoms with Crippen LogP contribution in [-0.2, 0) is 16.6 Å². The molecule has 0 atom stereocenters. The van der Waals surface area contributed by atoms with Gasteiger partial charge in [-0.2, -0.15) is 4.98 Å². The monoisotopic (exact) mass is 399 g/mol. The number of aryl methyl sites for hydroxylation is 2. The number of primary sulfonamides is 1. The topological polar surface area (TPSA) is 139 Å². The van der Waals surface area contributed by atoms with Crippen LogP contribution in [0.5, 0.6) is 5.88 Å². The van der Waals surface area contributed by atoms with Crippen LogP contribution >= 0.6 is 0 Å². The minimum absolute atomic E-state index is 0.134. The van der Waals surface area contributed by atoms with E-state index in [9.17, 15) is 8.42 Å². The summed E-state index contributed by atoms with van der Waals surface area (Å²) in [6.07, 6.45) is 2.40. The molecule has 0 radical (unpaired) electrons. The van der Waals surface area contributed by atoms with Crippen LogP contribution in [0.15, 0.2) is 29.4 Å². The van der Waals surface area contributed by atoms with E-state index in [1.165, 1.54) is 12.4 Å². The molecule has 0 unspecified atom stereocenters. The summed E-state index contributed by atoms with van der Waals surface area (Å²) in [5, 5.41) is 5.92. The van der Waals surface area contributed by atoms with Crippen LogP contribution in [0.4, 0.5) is 0 Å². The third-order valence-electron chi connectivity index (χ3n) is 4.40. The average molecular weight is 399 g/mol. The molecule has 10 nitrogen and oxygen atoms in total. The Morgan fingerprint density at radius 2 is 1.82 bits per heavy atom. The van der Waals surface area contributed by atoms with Crippen molar-refractivity contribution in [2.45, 2.75) is 25.3 Å². The smallest absolute Gasteiger partial charge is 0.241 e. The summed E-state index contributed by atoms with van der Waals surface area (Å²) in [6, 6.07) is 3.65. The van der Waals surface area contributed by atoms with Crippen molar-refractivity contribution in [2.24, 2.45) is 5.14 Å². The van der Waals surface area contributed by atoms with Gasteiger partial charge >= 0.3 is 0 Å². The summed E-state index contributed by atoms with van der Waals surface area (Å²) in [7, 11) is -2.29. The molecule has 0 fully saturated rings. The van der Waals surface area contributed by atoms with Crippen molar-refractivity contribution in [2.75, 3.05) is 7.11 Å². The fourth-order valence-corrected chi connectivity index (χ4v) is 3.42. The van der Waals surface area contributed by atoms with Gasteiger partial charge in [-0.1, -0.05) is 0 Å². The van der Waals surface area contributed by atoms with E-state index in [4.69, 9.17) is 9.88 Å². The Balaban J connectivity index is 1.88. The Hall–Kier alpha value is -3.18. The van der Waals surface area contributed by atoms with Gasteiger partial charge in [-0.3, -0.25) is 0 Å². The van der Waals surface area contributed by atoms with Gasteiger partial charge in [0.25, 0.3) is 0 Å². The van der Waals surface area contributed by atoms with Crippen LogP contribution in [0.1, 0.15) is 17.3 Å². The highest BCUT2D eigenvalue weighted by atomic mass is 32.2. The van der Waals surface area contributed by atoms with Gasteiger partial charge in [0, 0.05) is 11.5 Å². The van der Waals surface area contributed by atoms with Gasteiger partial charge in [0.1, 0.15) is 22.1 Å². The number of rotatable bonds is 4. The number of pyridine rings is 2.